The zero-order valence-electron chi connectivity index (χ0n) is 9.27. The van der Waals surface area contributed by atoms with Gasteiger partial charge in [-0.25, -0.2) is 4.98 Å². The van der Waals surface area contributed by atoms with Crippen LogP contribution in [-0.2, 0) is 13.0 Å². The van der Waals surface area contributed by atoms with Gasteiger partial charge in [-0.1, -0.05) is 15.9 Å². The third kappa shape index (κ3) is 1.22. The molecule has 1 aromatic carbocycles. The number of hydrogen-bond acceptors (Lipinski definition) is 1. The van der Waals surface area contributed by atoms with Crippen molar-refractivity contribution in [3.8, 4) is 0 Å². The Labute approximate surface area is 108 Å². The summed E-state index contributed by atoms with van der Waals surface area (Å²) < 4.78 is 3.32. The molecule has 0 bridgehead atoms. The minimum Gasteiger partial charge on any atom is -0.314 e. The van der Waals surface area contributed by atoms with E-state index in [0.29, 0.717) is 5.28 Å². The molecule has 1 aliphatic heterocycles. The van der Waals surface area contributed by atoms with E-state index in [9.17, 15) is 0 Å². The predicted octanol–water partition coefficient (Wildman–Crippen LogP) is 4.02. The first-order valence-corrected chi connectivity index (χ1v) is 6.61. The van der Waals surface area contributed by atoms with Crippen molar-refractivity contribution < 1.29 is 0 Å². The van der Waals surface area contributed by atoms with Crippen molar-refractivity contribution in [1.29, 1.82) is 0 Å². The maximum atomic E-state index is 6.19. The van der Waals surface area contributed by atoms with Crippen LogP contribution in [0.1, 0.15) is 23.1 Å². The van der Waals surface area contributed by atoms with Gasteiger partial charge >= 0.3 is 0 Å². The molecular weight excluding hydrogens is 288 g/mol. The highest BCUT2D eigenvalue weighted by Crippen LogP contribution is 2.37. The minimum atomic E-state index is 0.622. The molecule has 3 rings (SSSR count). The minimum absolute atomic E-state index is 0.622. The summed E-state index contributed by atoms with van der Waals surface area (Å²) in [4.78, 5) is 4.48. The van der Waals surface area contributed by atoms with E-state index in [1.54, 1.807) is 0 Å². The second kappa shape index (κ2) is 3.47. The van der Waals surface area contributed by atoms with E-state index < -0.39 is 0 Å². The number of hydrogen-bond donors (Lipinski definition) is 0. The number of aryl methyl sites for hydroxylation is 3. The molecular formula is C12H12BrClN2. The third-order valence-corrected chi connectivity index (χ3v) is 4.96. The summed E-state index contributed by atoms with van der Waals surface area (Å²) >= 11 is 9.84. The van der Waals surface area contributed by atoms with E-state index in [-0.39, 0.29) is 0 Å². The van der Waals surface area contributed by atoms with Gasteiger partial charge in [-0.15, -0.1) is 0 Å². The second-order valence-electron chi connectivity index (χ2n) is 4.38. The molecule has 0 spiro atoms. The quantitative estimate of drug-likeness (QED) is 0.718. The Morgan fingerprint density at radius 2 is 2.06 bits per heavy atom. The topological polar surface area (TPSA) is 17.8 Å². The van der Waals surface area contributed by atoms with Crippen molar-refractivity contribution in [3.63, 3.8) is 0 Å². The molecule has 2 nitrogen and oxygen atoms in total. The van der Waals surface area contributed by atoms with Crippen LogP contribution in [0.2, 0.25) is 5.28 Å². The highest BCUT2D eigenvalue weighted by atomic mass is 79.9. The highest BCUT2D eigenvalue weighted by molar-refractivity contribution is 9.10. The van der Waals surface area contributed by atoms with Crippen LogP contribution in [0.3, 0.4) is 0 Å². The molecule has 0 saturated heterocycles. The monoisotopic (exact) mass is 298 g/mol. The molecule has 0 radical (unpaired) electrons. The maximum absolute atomic E-state index is 6.19. The van der Waals surface area contributed by atoms with Crippen LogP contribution in [0.5, 0.6) is 0 Å². The summed E-state index contributed by atoms with van der Waals surface area (Å²) in [6.45, 7) is 5.25. The lowest BCUT2D eigenvalue weighted by atomic mass is 9.97. The largest absolute Gasteiger partial charge is 0.314 e. The molecule has 1 aromatic heterocycles. The summed E-state index contributed by atoms with van der Waals surface area (Å²) in [6.07, 6.45) is 2.28. The molecule has 0 atom stereocenters. The predicted molar refractivity (Wildman–Crippen MR) is 70.2 cm³/mol. The molecule has 0 N–H and O–H groups in total. The van der Waals surface area contributed by atoms with Crippen LogP contribution >= 0.6 is 27.5 Å². The molecule has 0 unspecified atom stereocenters. The van der Waals surface area contributed by atoms with Crippen molar-refractivity contribution in [3.05, 3.63) is 26.4 Å². The average molecular weight is 300 g/mol. The van der Waals surface area contributed by atoms with Gasteiger partial charge in [0.25, 0.3) is 0 Å². The molecule has 0 amide bonds. The number of halogens is 2. The number of benzene rings is 1. The number of nitrogens with zero attached hydrogens (tertiary/aromatic N) is 2. The zero-order valence-corrected chi connectivity index (χ0v) is 11.6. The standard InChI is InChI=1S/C12H12BrClN2/c1-6-8-4-3-5-16-11(8)10(15-12(16)14)7(2)9(6)13/h3-5H2,1-2H3. The molecule has 16 heavy (non-hydrogen) atoms. The Balaban J connectivity index is 2.57. The third-order valence-electron chi connectivity index (χ3n) is 3.48. The molecule has 2 aromatic rings. The number of rotatable bonds is 0. The van der Waals surface area contributed by atoms with Gasteiger partial charge in [-0.05, 0) is 55.0 Å². The van der Waals surface area contributed by atoms with Gasteiger partial charge < -0.3 is 4.57 Å². The first-order valence-electron chi connectivity index (χ1n) is 5.44. The Bertz CT molecular complexity index is 601. The fourth-order valence-corrected chi connectivity index (χ4v) is 3.29. The Kier molecular flexibility index (Phi) is 2.30. The molecule has 2 heterocycles. The summed E-state index contributed by atoms with van der Waals surface area (Å²) in [5, 5.41) is 0.622. The van der Waals surface area contributed by atoms with E-state index in [0.717, 1.165) is 24.9 Å². The Morgan fingerprint density at radius 1 is 1.31 bits per heavy atom. The van der Waals surface area contributed by atoms with E-state index in [1.165, 1.54) is 26.7 Å². The summed E-state index contributed by atoms with van der Waals surface area (Å²) in [5.41, 5.74) is 6.23. The average Bonchev–Trinajstić information content (AvgIpc) is 2.63. The first kappa shape index (κ1) is 10.6. The molecule has 0 aliphatic carbocycles. The van der Waals surface area contributed by atoms with Gasteiger partial charge in [0.2, 0.25) is 5.28 Å². The molecule has 4 heteroatoms. The fraction of sp³-hybridized carbons (Fsp3) is 0.417. The molecule has 0 saturated carbocycles. The lowest BCUT2D eigenvalue weighted by Gasteiger charge is -2.19. The van der Waals surface area contributed by atoms with Gasteiger partial charge in [0, 0.05) is 11.0 Å². The molecule has 1 aliphatic rings. The van der Waals surface area contributed by atoms with Gasteiger partial charge in [0.1, 0.15) is 0 Å². The summed E-state index contributed by atoms with van der Waals surface area (Å²) in [7, 11) is 0. The Morgan fingerprint density at radius 3 is 2.81 bits per heavy atom. The van der Waals surface area contributed by atoms with Gasteiger partial charge in [-0.2, -0.15) is 0 Å². The number of aromatic nitrogens is 2. The van der Waals surface area contributed by atoms with Crippen LogP contribution < -0.4 is 0 Å². The van der Waals surface area contributed by atoms with E-state index in [1.807, 2.05) is 0 Å². The summed E-state index contributed by atoms with van der Waals surface area (Å²) in [5.74, 6) is 0. The first-order chi connectivity index (χ1) is 7.61. The van der Waals surface area contributed by atoms with E-state index >= 15 is 0 Å². The SMILES string of the molecule is Cc1c(Br)c(C)c2nc(Cl)n3c2c1CCC3. The van der Waals surface area contributed by atoms with Crippen molar-refractivity contribution in [2.75, 3.05) is 0 Å². The normalized spacial score (nSPS) is 14.8. The van der Waals surface area contributed by atoms with E-state index in [4.69, 9.17) is 11.6 Å². The fourth-order valence-electron chi connectivity index (χ4n) is 2.61. The lowest BCUT2D eigenvalue weighted by molar-refractivity contribution is 0.630. The van der Waals surface area contributed by atoms with Crippen molar-refractivity contribution in [1.82, 2.24) is 9.55 Å². The van der Waals surface area contributed by atoms with Crippen LogP contribution in [0, 0.1) is 13.8 Å². The molecule has 84 valence electrons. The zero-order chi connectivity index (χ0) is 11.4. The summed E-state index contributed by atoms with van der Waals surface area (Å²) in [6, 6.07) is 0. The van der Waals surface area contributed by atoms with Crippen LogP contribution in [-0.4, -0.2) is 9.55 Å². The van der Waals surface area contributed by atoms with Gasteiger partial charge in [0.05, 0.1) is 11.0 Å². The second-order valence-corrected chi connectivity index (χ2v) is 5.51. The van der Waals surface area contributed by atoms with Crippen molar-refractivity contribution in [2.45, 2.75) is 33.2 Å². The van der Waals surface area contributed by atoms with Gasteiger partial charge in [-0.3, -0.25) is 0 Å². The van der Waals surface area contributed by atoms with Crippen molar-refractivity contribution in [2.24, 2.45) is 0 Å². The van der Waals surface area contributed by atoms with Crippen LogP contribution in [0.4, 0.5) is 0 Å². The van der Waals surface area contributed by atoms with Crippen LogP contribution in [0.15, 0.2) is 4.47 Å². The maximum Gasteiger partial charge on any atom is 0.203 e. The lowest BCUT2D eigenvalue weighted by Crippen LogP contribution is -2.09. The molecule has 0 fully saturated rings. The van der Waals surface area contributed by atoms with Gasteiger partial charge in [0.15, 0.2) is 0 Å². The van der Waals surface area contributed by atoms with Crippen molar-refractivity contribution >= 4 is 38.6 Å². The van der Waals surface area contributed by atoms with Crippen LogP contribution in [0.25, 0.3) is 11.0 Å². The van der Waals surface area contributed by atoms with E-state index in [2.05, 4.69) is 39.3 Å². The highest BCUT2D eigenvalue weighted by Gasteiger charge is 2.22. The number of imidazole rings is 1. The smallest absolute Gasteiger partial charge is 0.203 e. The Hall–Kier alpha value is -0.540.